The standard InChI is InChI=1S/C9H17N5O/c1-6(2)14(5-8(11)15)9-7(10)4-13(3)12-9/h4,6H,5,10H2,1-3H3,(H2,11,15). The van der Waals surface area contributed by atoms with Gasteiger partial charge in [0.25, 0.3) is 0 Å². The number of nitrogens with zero attached hydrogens (tertiary/aromatic N) is 3. The van der Waals surface area contributed by atoms with Crippen LogP contribution in [0.1, 0.15) is 13.8 Å². The lowest BCUT2D eigenvalue weighted by molar-refractivity contribution is -0.116. The van der Waals surface area contributed by atoms with Gasteiger partial charge in [0.2, 0.25) is 5.91 Å². The molecule has 0 aliphatic rings. The number of nitrogen functional groups attached to an aromatic ring is 1. The molecular formula is C9H17N5O. The summed E-state index contributed by atoms with van der Waals surface area (Å²) in [5, 5.41) is 4.19. The van der Waals surface area contributed by atoms with Crippen molar-refractivity contribution in [2.75, 3.05) is 17.2 Å². The van der Waals surface area contributed by atoms with E-state index < -0.39 is 5.91 Å². The van der Waals surface area contributed by atoms with Crippen LogP contribution in [0.4, 0.5) is 11.5 Å². The normalized spacial score (nSPS) is 10.7. The summed E-state index contributed by atoms with van der Waals surface area (Å²) in [5.41, 5.74) is 11.5. The van der Waals surface area contributed by atoms with Crippen LogP contribution in [-0.4, -0.2) is 28.3 Å². The van der Waals surface area contributed by atoms with Crippen molar-refractivity contribution < 1.29 is 4.79 Å². The number of aryl methyl sites for hydroxylation is 1. The highest BCUT2D eigenvalue weighted by atomic mass is 16.1. The van der Waals surface area contributed by atoms with Gasteiger partial charge < -0.3 is 16.4 Å². The van der Waals surface area contributed by atoms with E-state index in [4.69, 9.17) is 11.5 Å². The Morgan fingerprint density at radius 1 is 1.67 bits per heavy atom. The Kier molecular flexibility index (Phi) is 3.18. The number of anilines is 2. The zero-order chi connectivity index (χ0) is 11.6. The summed E-state index contributed by atoms with van der Waals surface area (Å²) in [7, 11) is 1.78. The van der Waals surface area contributed by atoms with E-state index in [-0.39, 0.29) is 12.6 Å². The Morgan fingerprint density at radius 3 is 2.60 bits per heavy atom. The number of aromatic nitrogens is 2. The molecule has 84 valence electrons. The van der Waals surface area contributed by atoms with E-state index in [9.17, 15) is 4.79 Å². The van der Waals surface area contributed by atoms with Crippen LogP contribution in [0.3, 0.4) is 0 Å². The highest BCUT2D eigenvalue weighted by molar-refractivity contribution is 5.80. The van der Waals surface area contributed by atoms with Crippen molar-refractivity contribution in [1.29, 1.82) is 0 Å². The van der Waals surface area contributed by atoms with Crippen LogP contribution >= 0.6 is 0 Å². The Morgan fingerprint density at radius 2 is 2.27 bits per heavy atom. The second-order valence-electron chi connectivity index (χ2n) is 3.77. The van der Waals surface area contributed by atoms with Crippen molar-refractivity contribution in [2.45, 2.75) is 19.9 Å². The lowest BCUT2D eigenvalue weighted by atomic mass is 10.3. The molecule has 0 saturated carbocycles. The number of amides is 1. The van der Waals surface area contributed by atoms with Crippen LogP contribution in [-0.2, 0) is 11.8 Å². The minimum Gasteiger partial charge on any atom is -0.394 e. The molecule has 1 aromatic rings. The molecule has 0 fully saturated rings. The maximum absolute atomic E-state index is 10.9. The lowest BCUT2D eigenvalue weighted by Gasteiger charge is -2.25. The summed E-state index contributed by atoms with van der Waals surface area (Å²) in [4.78, 5) is 12.7. The Labute approximate surface area is 88.8 Å². The molecule has 6 heteroatoms. The van der Waals surface area contributed by atoms with Gasteiger partial charge in [0.15, 0.2) is 5.82 Å². The molecule has 1 aromatic heterocycles. The Balaban J connectivity index is 2.98. The fraction of sp³-hybridized carbons (Fsp3) is 0.556. The highest BCUT2D eigenvalue weighted by Crippen LogP contribution is 2.21. The van der Waals surface area contributed by atoms with Gasteiger partial charge in [-0.2, -0.15) is 5.10 Å². The van der Waals surface area contributed by atoms with Gasteiger partial charge in [-0.3, -0.25) is 9.48 Å². The molecule has 15 heavy (non-hydrogen) atoms. The van der Waals surface area contributed by atoms with Crippen molar-refractivity contribution in [3.63, 3.8) is 0 Å². The lowest BCUT2D eigenvalue weighted by Crippen LogP contribution is -2.39. The molecule has 1 heterocycles. The smallest absolute Gasteiger partial charge is 0.237 e. The second-order valence-corrected chi connectivity index (χ2v) is 3.77. The van der Waals surface area contributed by atoms with Crippen LogP contribution in [0.5, 0.6) is 0 Å². The predicted octanol–water partition coefficient (Wildman–Crippen LogP) is -0.298. The maximum Gasteiger partial charge on any atom is 0.237 e. The van der Waals surface area contributed by atoms with Crippen LogP contribution < -0.4 is 16.4 Å². The van der Waals surface area contributed by atoms with Crippen LogP contribution in [0.15, 0.2) is 6.20 Å². The first-order valence-corrected chi connectivity index (χ1v) is 4.76. The fourth-order valence-electron chi connectivity index (χ4n) is 1.39. The van der Waals surface area contributed by atoms with E-state index in [0.717, 1.165) is 0 Å². The van der Waals surface area contributed by atoms with E-state index in [1.165, 1.54) is 0 Å². The average molecular weight is 211 g/mol. The molecule has 4 N–H and O–H groups in total. The van der Waals surface area contributed by atoms with Gasteiger partial charge in [0.1, 0.15) is 0 Å². The molecule has 0 bridgehead atoms. The Bertz CT molecular complexity index is 357. The summed E-state index contributed by atoms with van der Waals surface area (Å²) < 4.78 is 1.61. The Hall–Kier alpha value is -1.72. The molecule has 1 rings (SSSR count). The third-order valence-corrected chi connectivity index (χ3v) is 2.06. The van der Waals surface area contributed by atoms with Crippen LogP contribution in [0, 0.1) is 0 Å². The zero-order valence-corrected chi connectivity index (χ0v) is 9.27. The van der Waals surface area contributed by atoms with Crippen molar-refractivity contribution in [1.82, 2.24) is 9.78 Å². The summed E-state index contributed by atoms with van der Waals surface area (Å²) in [6.07, 6.45) is 1.70. The second kappa shape index (κ2) is 4.20. The fourth-order valence-corrected chi connectivity index (χ4v) is 1.39. The number of carbonyl (C=O) groups excluding carboxylic acids is 1. The monoisotopic (exact) mass is 211 g/mol. The van der Waals surface area contributed by atoms with E-state index >= 15 is 0 Å². The quantitative estimate of drug-likeness (QED) is 0.715. The van der Waals surface area contributed by atoms with E-state index in [1.807, 2.05) is 13.8 Å². The van der Waals surface area contributed by atoms with Crippen LogP contribution in [0.2, 0.25) is 0 Å². The minimum atomic E-state index is -0.395. The van der Waals surface area contributed by atoms with Crippen molar-refractivity contribution in [2.24, 2.45) is 12.8 Å². The molecule has 0 aromatic carbocycles. The first-order valence-electron chi connectivity index (χ1n) is 4.76. The summed E-state index contributed by atoms with van der Waals surface area (Å²) >= 11 is 0. The molecular weight excluding hydrogens is 194 g/mol. The molecule has 0 atom stereocenters. The van der Waals surface area contributed by atoms with E-state index in [1.54, 1.807) is 22.8 Å². The summed E-state index contributed by atoms with van der Waals surface area (Å²) in [5.74, 6) is 0.208. The zero-order valence-electron chi connectivity index (χ0n) is 9.27. The maximum atomic E-state index is 10.9. The molecule has 1 amide bonds. The summed E-state index contributed by atoms with van der Waals surface area (Å²) in [6, 6.07) is 0.120. The van der Waals surface area contributed by atoms with Gasteiger partial charge in [-0.25, -0.2) is 0 Å². The van der Waals surface area contributed by atoms with Gasteiger partial charge in [0.05, 0.1) is 12.2 Å². The largest absolute Gasteiger partial charge is 0.394 e. The number of nitrogens with two attached hydrogens (primary N) is 2. The predicted molar refractivity (Wildman–Crippen MR) is 59.3 cm³/mol. The van der Waals surface area contributed by atoms with Crippen molar-refractivity contribution >= 4 is 17.4 Å². The van der Waals surface area contributed by atoms with Crippen molar-refractivity contribution in [3.05, 3.63) is 6.20 Å². The average Bonchev–Trinajstić information content (AvgIpc) is 2.40. The molecule has 0 radical (unpaired) electrons. The number of hydrogen-bond acceptors (Lipinski definition) is 4. The number of carbonyl (C=O) groups is 1. The summed E-state index contributed by atoms with van der Waals surface area (Å²) in [6.45, 7) is 4.03. The topological polar surface area (TPSA) is 90.2 Å². The molecule has 0 aliphatic carbocycles. The van der Waals surface area contributed by atoms with Gasteiger partial charge >= 0.3 is 0 Å². The van der Waals surface area contributed by atoms with E-state index in [0.29, 0.717) is 11.5 Å². The van der Waals surface area contributed by atoms with Gasteiger partial charge in [-0.05, 0) is 13.8 Å². The highest BCUT2D eigenvalue weighted by Gasteiger charge is 2.18. The third kappa shape index (κ3) is 2.61. The molecule has 0 aliphatic heterocycles. The SMILES string of the molecule is CC(C)N(CC(N)=O)c1nn(C)cc1N. The molecule has 0 saturated heterocycles. The third-order valence-electron chi connectivity index (χ3n) is 2.06. The molecule has 6 nitrogen and oxygen atoms in total. The van der Waals surface area contributed by atoms with Crippen LogP contribution in [0.25, 0.3) is 0 Å². The van der Waals surface area contributed by atoms with Crippen molar-refractivity contribution in [3.8, 4) is 0 Å². The number of rotatable bonds is 4. The first kappa shape index (κ1) is 11.4. The van der Waals surface area contributed by atoms with Gasteiger partial charge in [-0.15, -0.1) is 0 Å². The van der Waals surface area contributed by atoms with Gasteiger partial charge in [0, 0.05) is 19.3 Å². The molecule has 0 unspecified atom stereocenters. The minimum absolute atomic E-state index is 0.120. The first-order chi connectivity index (χ1) is 6.91. The number of hydrogen-bond donors (Lipinski definition) is 2. The number of primary amides is 1. The van der Waals surface area contributed by atoms with E-state index in [2.05, 4.69) is 5.10 Å². The molecule has 0 spiro atoms. The van der Waals surface area contributed by atoms with Gasteiger partial charge in [-0.1, -0.05) is 0 Å².